The third-order valence-electron chi connectivity index (χ3n) is 2.97. The van der Waals surface area contributed by atoms with Gasteiger partial charge in [0.25, 0.3) is 0 Å². The van der Waals surface area contributed by atoms with Gasteiger partial charge in [0.05, 0.1) is 5.69 Å². The lowest BCUT2D eigenvalue weighted by atomic mass is 10.2. The van der Waals surface area contributed by atoms with Gasteiger partial charge in [0.15, 0.2) is 11.5 Å². The lowest BCUT2D eigenvalue weighted by molar-refractivity contribution is 0.0697. The summed E-state index contributed by atoms with van der Waals surface area (Å²) in [7, 11) is 0. The molecule has 3 rings (SSSR count). The Morgan fingerprint density at radius 2 is 2.15 bits per heavy atom. The van der Waals surface area contributed by atoms with Crippen LogP contribution in [0.3, 0.4) is 0 Å². The van der Waals surface area contributed by atoms with Gasteiger partial charge in [0.2, 0.25) is 6.79 Å². The van der Waals surface area contributed by atoms with Crippen LogP contribution in [0.1, 0.15) is 15.9 Å². The van der Waals surface area contributed by atoms with Gasteiger partial charge in [-0.05, 0) is 23.8 Å². The van der Waals surface area contributed by atoms with Crippen LogP contribution in [0.15, 0.2) is 36.7 Å². The zero-order valence-corrected chi connectivity index (χ0v) is 10.5. The molecule has 0 aliphatic carbocycles. The lowest BCUT2D eigenvalue weighted by Gasteiger charge is -2.09. The van der Waals surface area contributed by atoms with Crippen molar-refractivity contribution in [2.45, 2.75) is 6.54 Å². The Morgan fingerprint density at radius 1 is 1.30 bits per heavy atom. The monoisotopic (exact) mass is 272 g/mol. The van der Waals surface area contributed by atoms with Crippen molar-refractivity contribution < 1.29 is 19.4 Å². The van der Waals surface area contributed by atoms with Gasteiger partial charge in [-0.25, -0.2) is 4.79 Å². The van der Waals surface area contributed by atoms with Gasteiger partial charge in [-0.15, -0.1) is 0 Å². The van der Waals surface area contributed by atoms with Crippen LogP contribution in [0.2, 0.25) is 0 Å². The molecule has 2 aromatic rings. The smallest absolute Gasteiger partial charge is 0.339 e. The highest BCUT2D eigenvalue weighted by Crippen LogP contribution is 2.32. The van der Waals surface area contributed by atoms with Crippen LogP contribution >= 0.6 is 0 Å². The number of rotatable bonds is 4. The Labute approximate surface area is 115 Å². The van der Waals surface area contributed by atoms with E-state index in [-0.39, 0.29) is 12.4 Å². The zero-order chi connectivity index (χ0) is 13.9. The lowest BCUT2D eigenvalue weighted by Crippen LogP contribution is -2.06. The molecule has 0 saturated heterocycles. The van der Waals surface area contributed by atoms with E-state index in [0.717, 1.165) is 11.3 Å². The fourth-order valence-electron chi connectivity index (χ4n) is 1.97. The van der Waals surface area contributed by atoms with Crippen molar-refractivity contribution >= 4 is 11.7 Å². The van der Waals surface area contributed by atoms with E-state index in [1.165, 1.54) is 6.20 Å². The normalized spacial score (nSPS) is 12.2. The van der Waals surface area contributed by atoms with E-state index in [0.29, 0.717) is 18.0 Å². The van der Waals surface area contributed by atoms with Crippen molar-refractivity contribution in [3.05, 3.63) is 47.8 Å². The topological polar surface area (TPSA) is 80.7 Å². The predicted molar refractivity (Wildman–Crippen MR) is 71.1 cm³/mol. The number of ether oxygens (including phenoxy) is 2. The van der Waals surface area contributed by atoms with Gasteiger partial charge in [0, 0.05) is 18.9 Å². The number of anilines is 1. The molecule has 20 heavy (non-hydrogen) atoms. The molecule has 1 aliphatic heterocycles. The van der Waals surface area contributed by atoms with Crippen molar-refractivity contribution in [1.82, 2.24) is 4.98 Å². The molecule has 1 aliphatic rings. The highest BCUT2D eigenvalue weighted by atomic mass is 16.7. The Bertz CT molecular complexity index is 657. The number of hydrogen-bond acceptors (Lipinski definition) is 5. The largest absolute Gasteiger partial charge is 0.478 e. The summed E-state index contributed by atoms with van der Waals surface area (Å²) >= 11 is 0. The van der Waals surface area contributed by atoms with E-state index in [2.05, 4.69) is 10.3 Å². The Morgan fingerprint density at radius 3 is 3.00 bits per heavy atom. The van der Waals surface area contributed by atoms with Gasteiger partial charge in [0.1, 0.15) is 5.56 Å². The number of hydrogen-bond donors (Lipinski definition) is 2. The molecule has 0 atom stereocenters. The average molecular weight is 272 g/mol. The van der Waals surface area contributed by atoms with Crippen LogP contribution < -0.4 is 14.8 Å². The average Bonchev–Trinajstić information content (AvgIpc) is 2.92. The second-order valence-corrected chi connectivity index (χ2v) is 4.27. The summed E-state index contributed by atoms with van der Waals surface area (Å²) in [5, 5.41) is 12.2. The number of pyridine rings is 1. The van der Waals surface area contributed by atoms with E-state index >= 15 is 0 Å². The van der Waals surface area contributed by atoms with E-state index < -0.39 is 5.97 Å². The van der Waals surface area contributed by atoms with Crippen LogP contribution in [0, 0.1) is 0 Å². The molecule has 0 fully saturated rings. The van der Waals surface area contributed by atoms with Crippen molar-refractivity contribution in [2.24, 2.45) is 0 Å². The first-order chi connectivity index (χ1) is 9.74. The van der Waals surface area contributed by atoms with E-state index in [9.17, 15) is 4.79 Å². The van der Waals surface area contributed by atoms with Crippen LogP contribution in [0.5, 0.6) is 11.5 Å². The minimum Gasteiger partial charge on any atom is -0.478 e. The molecule has 2 N–H and O–H groups in total. The molecule has 0 unspecified atom stereocenters. The zero-order valence-electron chi connectivity index (χ0n) is 10.5. The Balaban J connectivity index is 1.75. The first-order valence-electron chi connectivity index (χ1n) is 6.04. The maximum Gasteiger partial charge on any atom is 0.339 e. The summed E-state index contributed by atoms with van der Waals surface area (Å²) in [5.74, 6) is 0.424. The number of aromatic carboxylic acids is 1. The molecular formula is C14H12N2O4. The van der Waals surface area contributed by atoms with Gasteiger partial charge in [-0.2, -0.15) is 0 Å². The minimum absolute atomic E-state index is 0.147. The maximum absolute atomic E-state index is 11.1. The SMILES string of the molecule is O=C(O)c1cnccc1NCc1ccc2c(c1)OCO2. The van der Waals surface area contributed by atoms with Crippen LogP contribution in [0.25, 0.3) is 0 Å². The molecule has 0 amide bonds. The Kier molecular flexibility index (Phi) is 3.12. The standard InChI is InChI=1S/C14H12N2O4/c17-14(18)10-7-15-4-3-11(10)16-6-9-1-2-12-13(5-9)20-8-19-12/h1-5,7H,6,8H2,(H,15,16)(H,17,18). The molecule has 2 heterocycles. The van der Waals surface area contributed by atoms with Crippen LogP contribution in [-0.4, -0.2) is 22.9 Å². The van der Waals surface area contributed by atoms with Crippen LogP contribution in [0.4, 0.5) is 5.69 Å². The number of nitrogens with one attached hydrogen (secondary N) is 1. The van der Waals surface area contributed by atoms with E-state index in [1.807, 2.05) is 18.2 Å². The highest BCUT2D eigenvalue weighted by Gasteiger charge is 2.14. The number of carboxylic acids is 1. The van der Waals surface area contributed by atoms with Crippen molar-refractivity contribution in [3.63, 3.8) is 0 Å². The number of nitrogens with zero attached hydrogens (tertiary/aromatic N) is 1. The molecule has 1 aromatic heterocycles. The number of aromatic nitrogens is 1. The first-order valence-corrected chi connectivity index (χ1v) is 6.04. The summed E-state index contributed by atoms with van der Waals surface area (Å²) in [6.45, 7) is 0.723. The summed E-state index contributed by atoms with van der Waals surface area (Å²) in [5.41, 5.74) is 1.65. The second-order valence-electron chi connectivity index (χ2n) is 4.27. The quantitative estimate of drug-likeness (QED) is 0.887. The van der Waals surface area contributed by atoms with Gasteiger partial charge < -0.3 is 19.9 Å². The number of fused-ring (bicyclic) bond motifs is 1. The molecule has 6 heteroatoms. The van der Waals surface area contributed by atoms with Crippen molar-refractivity contribution in [2.75, 3.05) is 12.1 Å². The molecule has 1 aromatic carbocycles. The van der Waals surface area contributed by atoms with Gasteiger partial charge in [-0.1, -0.05) is 6.07 Å². The van der Waals surface area contributed by atoms with Crippen molar-refractivity contribution in [3.8, 4) is 11.5 Å². The summed E-state index contributed by atoms with van der Waals surface area (Å²) in [6, 6.07) is 7.25. The molecule has 0 spiro atoms. The van der Waals surface area contributed by atoms with E-state index in [1.54, 1.807) is 12.3 Å². The van der Waals surface area contributed by atoms with Crippen LogP contribution in [-0.2, 0) is 6.54 Å². The predicted octanol–water partition coefficient (Wildman–Crippen LogP) is 2.12. The molecule has 0 saturated carbocycles. The fraction of sp³-hybridized carbons (Fsp3) is 0.143. The molecule has 0 bridgehead atoms. The molecule has 6 nitrogen and oxygen atoms in total. The molecule has 0 radical (unpaired) electrons. The Hall–Kier alpha value is -2.76. The third-order valence-corrected chi connectivity index (χ3v) is 2.97. The summed E-state index contributed by atoms with van der Waals surface area (Å²) < 4.78 is 10.5. The van der Waals surface area contributed by atoms with Gasteiger partial charge in [-0.3, -0.25) is 4.98 Å². The maximum atomic E-state index is 11.1. The summed E-state index contributed by atoms with van der Waals surface area (Å²) in [4.78, 5) is 14.9. The van der Waals surface area contributed by atoms with Crippen molar-refractivity contribution in [1.29, 1.82) is 0 Å². The number of benzene rings is 1. The molecular weight excluding hydrogens is 260 g/mol. The number of carbonyl (C=O) groups is 1. The fourth-order valence-corrected chi connectivity index (χ4v) is 1.97. The molecule has 102 valence electrons. The first kappa shape index (κ1) is 12.3. The third kappa shape index (κ3) is 2.35. The van der Waals surface area contributed by atoms with E-state index in [4.69, 9.17) is 14.6 Å². The summed E-state index contributed by atoms with van der Waals surface area (Å²) in [6.07, 6.45) is 2.87. The minimum atomic E-state index is -1.01. The highest BCUT2D eigenvalue weighted by molar-refractivity contribution is 5.93. The van der Waals surface area contributed by atoms with Gasteiger partial charge >= 0.3 is 5.97 Å². The second kappa shape index (κ2) is 5.08. The number of carboxylic acid groups (broad SMARTS) is 1.